The molecule has 29 heavy (non-hydrogen) atoms. The van der Waals surface area contributed by atoms with Crippen LogP contribution in [0.5, 0.6) is 0 Å². The zero-order chi connectivity index (χ0) is 20.4. The Morgan fingerprint density at radius 3 is 2.83 bits per heavy atom. The maximum Gasteiger partial charge on any atom is 0.159 e. The van der Waals surface area contributed by atoms with E-state index < -0.39 is 6.23 Å². The molecule has 8 heteroatoms. The van der Waals surface area contributed by atoms with E-state index in [1.807, 2.05) is 24.0 Å². The molecule has 154 valence electrons. The lowest BCUT2D eigenvalue weighted by Gasteiger charge is -2.38. The monoisotopic (exact) mass is 396 g/mol. The second kappa shape index (κ2) is 8.46. The summed E-state index contributed by atoms with van der Waals surface area (Å²) in [7, 11) is 0. The maximum absolute atomic E-state index is 10.7. The van der Waals surface area contributed by atoms with Gasteiger partial charge in [-0.25, -0.2) is 4.68 Å². The minimum atomic E-state index is -0.763. The van der Waals surface area contributed by atoms with E-state index in [0.29, 0.717) is 32.8 Å². The molecule has 2 aromatic heterocycles. The van der Waals surface area contributed by atoms with Gasteiger partial charge < -0.3 is 20.5 Å². The normalized spacial score (nSPS) is 18.3. The van der Waals surface area contributed by atoms with Crippen molar-refractivity contribution in [3.05, 3.63) is 47.8 Å². The van der Waals surface area contributed by atoms with Gasteiger partial charge in [0.05, 0.1) is 42.0 Å². The summed E-state index contributed by atoms with van der Waals surface area (Å²) < 4.78 is 7.59. The highest BCUT2D eigenvalue weighted by Crippen LogP contribution is 2.32. The first kappa shape index (κ1) is 19.8. The second-order valence-electron chi connectivity index (χ2n) is 7.44. The number of ether oxygens (including phenoxy) is 1. The molecule has 0 bridgehead atoms. The number of hydrogen-bond acceptors (Lipinski definition) is 7. The number of hydrogen-bond donors (Lipinski definition) is 3. The largest absolute Gasteiger partial charge is 0.377 e. The molecule has 0 radical (unpaired) electrons. The molecule has 4 rings (SSSR count). The number of anilines is 1. The number of aromatic nitrogens is 3. The molecule has 1 aliphatic heterocycles. The summed E-state index contributed by atoms with van der Waals surface area (Å²) in [6.45, 7) is 6.75. The lowest BCUT2D eigenvalue weighted by atomic mass is 10.1. The molecule has 0 aliphatic carbocycles. The summed E-state index contributed by atoms with van der Waals surface area (Å²) >= 11 is 0. The minimum Gasteiger partial charge on any atom is -0.377 e. The molecule has 0 amide bonds. The van der Waals surface area contributed by atoms with Gasteiger partial charge in [0.1, 0.15) is 6.23 Å². The number of benzene rings is 1. The summed E-state index contributed by atoms with van der Waals surface area (Å²) in [6.07, 6.45) is 2.93. The lowest BCUT2D eigenvalue weighted by molar-refractivity contribution is 0.0219. The van der Waals surface area contributed by atoms with Crippen molar-refractivity contribution in [3.8, 4) is 5.69 Å². The molecule has 2 unspecified atom stereocenters. The fraction of sp³-hybridized carbons (Fsp3) is 0.429. The standard InChI is InChI=1S/C21H28N6O2/c1-14-3-5-16(6-4-14)27-17-12-23-11-15(2)19(17)20(25-27)26-9-10-29-13-18(26)21(28)24-8-7-22/h3-6,11-12,18,21,24,28H,7-10,13,22H2,1-2H3. The van der Waals surface area contributed by atoms with Gasteiger partial charge in [0.15, 0.2) is 5.82 Å². The Morgan fingerprint density at radius 2 is 2.07 bits per heavy atom. The lowest BCUT2D eigenvalue weighted by Crippen LogP contribution is -2.57. The number of aryl methyl sites for hydroxylation is 2. The Balaban J connectivity index is 1.81. The molecule has 8 nitrogen and oxygen atoms in total. The van der Waals surface area contributed by atoms with Gasteiger partial charge in [-0.15, -0.1) is 5.10 Å². The van der Waals surface area contributed by atoms with E-state index in [-0.39, 0.29) is 6.04 Å². The van der Waals surface area contributed by atoms with Crippen LogP contribution in [0.1, 0.15) is 11.1 Å². The Labute approximate surface area is 170 Å². The van der Waals surface area contributed by atoms with E-state index >= 15 is 0 Å². The van der Waals surface area contributed by atoms with Crippen LogP contribution in [-0.4, -0.2) is 65.0 Å². The van der Waals surface area contributed by atoms with Crippen LogP contribution in [0.15, 0.2) is 36.7 Å². The van der Waals surface area contributed by atoms with Gasteiger partial charge in [-0.05, 0) is 31.5 Å². The van der Waals surface area contributed by atoms with Gasteiger partial charge in [0.2, 0.25) is 0 Å². The Kier molecular flexibility index (Phi) is 5.77. The number of nitrogens with two attached hydrogens (primary N) is 1. The van der Waals surface area contributed by atoms with Crippen molar-refractivity contribution < 1.29 is 9.84 Å². The first-order valence-electron chi connectivity index (χ1n) is 9.96. The first-order chi connectivity index (χ1) is 14.1. The van der Waals surface area contributed by atoms with Crippen molar-refractivity contribution in [3.63, 3.8) is 0 Å². The van der Waals surface area contributed by atoms with Crippen molar-refractivity contribution in [2.75, 3.05) is 37.7 Å². The van der Waals surface area contributed by atoms with Crippen molar-refractivity contribution >= 4 is 16.7 Å². The first-order valence-corrected chi connectivity index (χ1v) is 9.96. The van der Waals surface area contributed by atoms with Crippen LogP contribution in [0, 0.1) is 13.8 Å². The van der Waals surface area contributed by atoms with E-state index in [1.54, 1.807) is 0 Å². The average molecular weight is 396 g/mol. The predicted octanol–water partition coefficient (Wildman–Crippen LogP) is 1.11. The number of aliphatic hydroxyl groups is 1. The predicted molar refractivity (Wildman–Crippen MR) is 113 cm³/mol. The molecule has 1 fully saturated rings. The highest BCUT2D eigenvalue weighted by Gasteiger charge is 2.33. The summed E-state index contributed by atoms with van der Waals surface area (Å²) in [5, 5.41) is 19.8. The van der Waals surface area contributed by atoms with Gasteiger partial charge in [-0.2, -0.15) is 0 Å². The summed E-state index contributed by atoms with van der Waals surface area (Å²) in [6, 6.07) is 8.01. The maximum atomic E-state index is 10.7. The van der Waals surface area contributed by atoms with Crippen molar-refractivity contribution in [2.45, 2.75) is 26.1 Å². The Morgan fingerprint density at radius 1 is 1.28 bits per heavy atom. The molecule has 3 aromatic rings. The third kappa shape index (κ3) is 3.84. The zero-order valence-electron chi connectivity index (χ0n) is 16.9. The number of fused-ring (bicyclic) bond motifs is 1. The molecule has 1 aliphatic rings. The van der Waals surface area contributed by atoms with Crippen LogP contribution in [0.3, 0.4) is 0 Å². The molecule has 1 saturated heterocycles. The molecule has 4 N–H and O–H groups in total. The SMILES string of the molecule is Cc1ccc(-n2nc(N3CCOCC3C(O)NCCN)c3c(C)cncc32)cc1. The smallest absolute Gasteiger partial charge is 0.159 e. The third-order valence-corrected chi connectivity index (χ3v) is 5.34. The summed E-state index contributed by atoms with van der Waals surface area (Å²) in [4.78, 5) is 6.53. The Hall–Kier alpha value is -2.52. The van der Waals surface area contributed by atoms with Crippen LogP contribution >= 0.6 is 0 Å². The molecule has 0 spiro atoms. The van der Waals surface area contributed by atoms with Crippen molar-refractivity contribution in [1.29, 1.82) is 0 Å². The van der Waals surface area contributed by atoms with Crippen LogP contribution in [0.4, 0.5) is 5.82 Å². The van der Waals surface area contributed by atoms with E-state index in [9.17, 15) is 5.11 Å². The van der Waals surface area contributed by atoms with Gasteiger partial charge in [-0.3, -0.25) is 10.3 Å². The average Bonchev–Trinajstić information content (AvgIpc) is 3.13. The quantitative estimate of drug-likeness (QED) is 0.537. The summed E-state index contributed by atoms with van der Waals surface area (Å²) in [5.41, 5.74) is 9.75. The molecule has 1 aromatic carbocycles. The van der Waals surface area contributed by atoms with Gasteiger partial charge in [0.25, 0.3) is 0 Å². The molecule has 3 heterocycles. The van der Waals surface area contributed by atoms with Crippen molar-refractivity contribution in [1.82, 2.24) is 20.1 Å². The van der Waals surface area contributed by atoms with E-state index in [2.05, 4.69) is 46.4 Å². The second-order valence-corrected chi connectivity index (χ2v) is 7.44. The zero-order valence-corrected chi connectivity index (χ0v) is 16.9. The number of aliphatic hydroxyl groups excluding tert-OH is 1. The highest BCUT2D eigenvalue weighted by molar-refractivity contribution is 5.94. The van der Waals surface area contributed by atoms with Crippen LogP contribution < -0.4 is 16.0 Å². The topological polar surface area (TPSA) is 101 Å². The van der Waals surface area contributed by atoms with E-state index in [1.165, 1.54) is 5.56 Å². The number of nitrogens with zero attached hydrogens (tertiary/aromatic N) is 4. The number of nitrogens with one attached hydrogen (secondary N) is 1. The number of rotatable bonds is 6. The van der Waals surface area contributed by atoms with E-state index in [0.717, 1.165) is 28.0 Å². The fourth-order valence-corrected chi connectivity index (χ4v) is 3.80. The van der Waals surface area contributed by atoms with Crippen molar-refractivity contribution in [2.24, 2.45) is 5.73 Å². The van der Waals surface area contributed by atoms with Gasteiger partial charge in [0, 0.05) is 25.8 Å². The van der Waals surface area contributed by atoms with E-state index in [4.69, 9.17) is 15.6 Å². The summed E-state index contributed by atoms with van der Waals surface area (Å²) in [5.74, 6) is 0.836. The van der Waals surface area contributed by atoms with Crippen LogP contribution in [-0.2, 0) is 4.74 Å². The molecular weight excluding hydrogens is 368 g/mol. The van der Waals surface area contributed by atoms with Gasteiger partial charge in [-0.1, -0.05) is 17.7 Å². The van der Waals surface area contributed by atoms with Crippen LogP contribution in [0.2, 0.25) is 0 Å². The minimum absolute atomic E-state index is 0.257. The number of pyridine rings is 1. The van der Waals surface area contributed by atoms with Gasteiger partial charge >= 0.3 is 0 Å². The van der Waals surface area contributed by atoms with Crippen LogP contribution in [0.25, 0.3) is 16.6 Å². The Bertz CT molecular complexity index is 971. The molecular formula is C21H28N6O2. The number of morpholine rings is 1. The highest BCUT2D eigenvalue weighted by atomic mass is 16.5. The molecule has 0 saturated carbocycles. The third-order valence-electron chi connectivity index (χ3n) is 5.34. The fourth-order valence-electron chi connectivity index (χ4n) is 3.80. The molecule has 2 atom stereocenters.